The highest BCUT2D eigenvalue weighted by Gasteiger charge is 2.12. The predicted molar refractivity (Wildman–Crippen MR) is 79.5 cm³/mol. The van der Waals surface area contributed by atoms with Crippen LogP contribution in [0.3, 0.4) is 0 Å². The number of fused-ring (bicyclic) bond motifs is 1. The van der Waals surface area contributed by atoms with Gasteiger partial charge in [0.2, 0.25) is 10.0 Å². The van der Waals surface area contributed by atoms with Gasteiger partial charge in [-0.3, -0.25) is 0 Å². The van der Waals surface area contributed by atoms with E-state index in [2.05, 4.69) is 14.7 Å². The molecule has 2 aromatic rings. The molecule has 0 aliphatic rings. The summed E-state index contributed by atoms with van der Waals surface area (Å²) in [6, 6.07) is 3.81. The number of sulfonamides is 1. The second-order valence-corrected chi connectivity index (χ2v) is 6.79. The fraction of sp³-hybridized carbons (Fsp3) is 0.500. The molecule has 2 heterocycles. The van der Waals surface area contributed by atoms with Crippen LogP contribution in [0.25, 0.3) is 11.2 Å². The number of rotatable bonds is 6. The third-order valence-electron chi connectivity index (χ3n) is 2.83. The van der Waals surface area contributed by atoms with Crippen LogP contribution >= 0.6 is 11.6 Å². The van der Waals surface area contributed by atoms with Gasteiger partial charge in [0.15, 0.2) is 5.65 Å². The molecule has 20 heavy (non-hydrogen) atoms. The van der Waals surface area contributed by atoms with Crippen LogP contribution in [0.15, 0.2) is 12.1 Å². The van der Waals surface area contributed by atoms with Crippen molar-refractivity contribution in [1.29, 1.82) is 0 Å². The molecule has 0 radical (unpaired) electrons. The number of imidazole rings is 1. The summed E-state index contributed by atoms with van der Waals surface area (Å²) < 4.78 is 26.6. The number of alkyl halides is 1. The lowest BCUT2D eigenvalue weighted by Crippen LogP contribution is -2.26. The van der Waals surface area contributed by atoms with Crippen LogP contribution in [0.2, 0.25) is 0 Å². The van der Waals surface area contributed by atoms with Gasteiger partial charge in [-0.15, -0.1) is 11.6 Å². The van der Waals surface area contributed by atoms with Crippen LogP contribution in [0.4, 0.5) is 0 Å². The van der Waals surface area contributed by atoms with Gasteiger partial charge in [-0.2, -0.15) is 0 Å². The predicted octanol–water partition coefficient (Wildman–Crippen LogP) is 1.07. The SMILES string of the molecule is Cc1ccc2nc(CCCl)n(CCNS(C)(=O)=O)c2n1. The van der Waals surface area contributed by atoms with Crippen molar-refractivity contribution < 1.29 is 8.42 Å². The molecule has 6 nitrogen and oxygen atoms in total. The lowest BCUT2D eigenvalue weighted by molar-refractivity contribution is 0.577. The molecular formula is C12H17ClN4O2S. The highest BCUT2D eigenvalue weighted by Crippen LogP contribution is 2.15. The van der Waals surface area contributed by atoms with Gasteiger partial charge in [-0.1, -0.05) is 0 Å². The van der Waals surface area contributed by atoms with Crippen LogP contribution < -0.4 is 4.72 Å². The van der Waals surface area contributed by atoms with Gasteiger partial charge in [-0.25, -0.2) is 23.1 Å². The molecule has 0 aliphatic heterocycles. The van der Waals surface area contributed by atoms with E-state index in [1.165, 1.54) is 0 Å². The summed E-state index contributed by atoms with van der Waals surface area (Å²) in [6.07, 6.45) is 1.76. The Labute approximate surface area is 123 Å². The fourth-order valence-corrected chi connectivity index (χ4v) is 2.63. The fourth-order valence-electron chi connectivity index (χ4n) is 2.00. The standard InChI is InChI=1S/C12H17ClN4O2S/c1-9-3-4-10-12(15-9)17(11(16-10)5-6-13)8-7-14-20(2,18)19/h3-4,14H,5-8H2,1-2H3. The Bertz CT molecular complexity index is 712. The molecule has 0 unspecified atom stereocenters. The molecular weight excluding hydrogens is 300 g/mol. The molecule has 2 rings (SSSR count). The average molecular weight is 317 g/mol. The van der Waals surface area contributed by atoms with Gasteiger partial charge in [-0.05, 0) is 19.1 Å². The van der Waals surface area contributed by atoms with Crippen molar-refractivity contribution in [2.75, 3.05) is 18.7 Å². The van der Waals surface area contributed by atoms with Crippen molar-refractivity contribution in [2.24, 2.45) is 0 Å². The monoisotopic (exact) mass is 316 g/mol. The number of halogens is 1. The first-order valence-electron chi connectivity index (χ1n) is 6.24. The molecule has 2 aromatic heterocycles. The highest BCUT2D eigenvalue weighted by atomic mass is 35.5. The Morgan fingerprint density at radius 3 is 2.75 bits per heavy atom. The van der Waals surface area contributed by atoms with Gasteiger partial charge >= 0.3 is 0 Å². The van der Waals surface area contributed by atoms with E-state index in [0.29, 0.717) is 25.4 Å². The third kappa shape index (κ3) is 3.68. The van der Waals surface area contributed by atoms with Crippen molar-refractivity contribution in [3.8, 4) is 0 Å². The van der Waals surface area contributed by atoms with Crippen molar-refractivity contribution in [3.05, 3.63) is 23.7 Å². The van der Waals surface area contributed by atoms with E-state index in [1.54, 1.807) is 0 Å². The molecule has 0 atom stereocenters. The number of nitrogens with one attached hydrogen (secondary N) is 1. The van der Waals surface area contributed by atoms with Gasteiger partial charge in [0.1, 0.15) is 11.3 Å². The Morgan fingerprint density at radius 1 is 1.35 bits per heavy atom. The Kier molecular flexibility index (Phi) is 4.62. The highest BCUT2D eigenvalue weighted by molar-refractivity contribution is 7.88. The Hall–Kier alpha value is -1.18. The summed E-state index contributed by atoms with van der Waals surface area (Å²) in [5.41, 5.74) is 2.46. The minimum Gasteiger partial charge on any atom is -0.311 e. The van der Waals surface area contributed by atoms with Crippen LogP contribution in [-0.4, -0.2) is 41.6 Å². The second-order valence-electron chi connectivity index (χ2n) is 4.58. The minimum absolute atomic E-state index is 0.301. The molecule has 0 spiro atoms. The first-order chi connectivity index (χ1) is 9.40. The molecule has 1 N–H and O–H groups in total. The zero-order valence-corrected chi connectivity index (χ0v) is 13.0. The topological polar surface area (TPSA) is 76.9 Å². The maximum atomic E-state index is 11.1. The molecule has 8 heteroatoms. The van der Waals surface area contributed by atoms with Crippen LogP contribution in [0.1, 0.15) is 11.5 Å². The zero-order valence-electron chi connectivity index (χ0n) is 11.4. The average Bonchev–Trinajstić information content (AvgIpc) is 2.66. The van der Waals surface area contributed by atoms with E-state index < -0.39 is 10.0 Å². The number of aryl methyl sites for hydroxylation is 2. The first-order valence-corrected chi connectivity index (χ1v) is 8.66. The third-order valence-corrected chi connectivity index (χ3v) is 3.75. The summed E-state index contributed by atoms with van der Waals surface area (Å²) in [7, 11) is -3.19. The van der Waals surface area contributed by atoms with Crippen molar-refractivity contribution in [1.82, 2.24) is 19.3 Å². The van der Waals surface area contributed by atoms with Crippen molar-refractivity contribution >= 4 is 32.8 Å². The molecule has 0 bridgehead atoms. The molecule has 0 aromatic carbocycles. The van der Waals surface area contributed by atoms with Crippen LogP contribution in [0, 0.1) is 6.92 Å². The van der Waals surface area contributed by atoms with E-state index in [9.17, 15) is 8.42 Å². The van der Waals surface area contributed by atoms with Gasteiger partial charge in [0.25, 0.3) is 0 Å². The lowest BCUT2D eigenvalue weighted by Gasteiger charge is -2.08. The first kappa shape index (κ1) is 15.2. The van der Waals surface area contributed by atoms with Gasteiger partial charge in [0, 0.05) is 31.1 Å². The normalized spacial score (nSPS) is 12.2. The number of nitrogens with zero attached hydrogens (tertiary/aromatic N) is 3. The number of hydrogen-bond acceptors (Lipinski definition) is 4. The minimum atomic E-state index is -3.19. The number of pyridine rings is 1. The lowest BCUT2D eigenvalue weighted by atomic mass is 10.3. The quantitative estimate of drug-likeness (QED) is 0.809. The molecule has 0 aliphatic carbocycles. The van der Waals surface area contributed by atoms with E-state index in [-0.39, 0.29) is 0 Å². The number of hydrogen-bond donors (Lipinski definition) is 1. The smallest absolute Gasteiger partial charge is 0.208 e. The maximum Gasteiger partial charge on any atom is 0.208 e. The van der Waals surface area contributed by atoms with Crippen molar-refractivity contribution in [3.63, 3.8) is 0 Å². The zero-order chi connectivity index (χ0) is 14.8. The van der Waals surface area contributed by atoms with E-state index in [0.717, 1.165) is 28.9 Å². The Morgan fingerprint density at radius 2 is 2.10 bits per heavy atom. The summed E-state index contributed by atoms with van der Waals surface area (Å²) in [5, 5.41) is 0. The van der Waals surface area contributed by atoms with Gasteiger partial charge in [0.05, 0.1) is 6.26 Å². The van der Waals surface area contributed by atoms with E-state index in [1.807, 2.05) is 23.6 Å². The summed E-state index contributed by atoms with van der Waals surface area (Å²) in [5.74, 6) is 1.28. The summed E-state index contributed by atoms with van der Waals surface area (Å²) in [4.78, 5) is 8.97. The molecule has 110 valence electrons. The molecule has 0 saturated heterocycles. The van der Waals surface area contributed by atoms with Crippen LogP contribution in [0.5, 0.6) is 0 Å². The summed E-state index contributed by atoms with van der Waals surface area (Å²) in [6.45, 7) is 2.69. The molecule has 0 fully saturated rings. The van der Waals surface area contributed by atoms with Crippen molar-refractivity contribution in [2.45, 2.75) is 19.9 Å². The van der Waals surface area contributed by atoms with E-state index >= 15 is 0 Å². The van der Waals surface area contributed by atoms with Gasteiger partial charge < -0.3 is 4.57 Å². The maximum absolute atomic E-state index is 11.1. The van der Waals surface area contributed by atoms with E-state index in [4.69, 9.17) is 11.6 Å². The summed E-state index contributed by atoms with van der Waals surface area (Å²) >= 11 is 5.79. The van der Waals surface area contributed by atoms with Crippen LogP contribution in [-0.2, 0) is 23.0 Å². The number of aromatic nitrogens is 3. The second kappa shape index (κ2) is 6.07. The molecule has 0 saturated carbocycles. The molecule has 0 amide bonds. The Balaban J connectivity index is 2.32. The largest absolute Gasteiger partial charge is 0.311 e.